The number of carbonyl (C=O) groups is 3. The number of nitrogens with zero attached hydrogens (tertiary/aromatic N) is 1. The van der Waals surface area contributed by atoms with Gasteiger partial charge in [0.05, 0.1) is 27.6 Å². The standard InChI is InChI=1S/C12H22N2O5S/c1-8(15)12(5-10(16)17,7-14(2,3)4)19-11(18)9(13)6-20/h9H,5-7,13H2,1-4H3,(H-,16,17,20)/p+1/t9-,12+/m0/s1. The Morgan fingerprint density at radius 2 is 1.85 bits per heavy atom. The lowest BCUT2D eigenvalue weighted by atomic mass is 9.93. The van der Waals surface area contributed by atoms with Crippen LogP contribution in [0.2, 0.25) is 0 Å². The molecule has 0 rings (SSSR count). The second-order valence-corrected chi connectivity index (χ2v) is 6.14. The number of Topliss-reactive ketones (excluding diaryl/α,β-unsaturated/α-hetero) is 1. The number of likely N-dealkylation sites (N-methyl/N-ethyl adjacent to an activating group) is 1. The van der Waals surface area contributed by atoms with Gasteiger partial charge in [-0.1, -0.05) is 0 Å². The van der Waals surface area contributed by atoms with Crippen LogP contribution in [0.3, 0.4) is 0 Å². The van der Waals surface area contributed by atoms with E-state index in [0.29, 0.717) is 0 Å². The largest absolute Gasteiger partial charge is 0.481 e. The van der Waals surface area contributed by atoms with E-state index in [4.69, 9.17) is 15.6 Å². The van der Waals surface area contributed by atoms with Gasteiger partial charge in [-0.25, -0.2) is 0 Å². The molecule has 0 heterocycles. The summed E-state index contributed by atoms with van der Waals surface area (Å²) in [6.45, 7) is 1.25. The number of carbonyl (C=O) groups excluding carboxylic acids is 2. The molecular formula is C12H23N2O5S+. The maximum Gasteiger partial charge on any atom is 0.324 e. The molecule has 0 aromatic rings. The fourth-order valence-electron chi connectivity index (χ4n) is 1.79. The molecule has 116 valence electrons. The van der Waals surface area contributed by atoms with Crippen LogP contribution in [0.1, 0.15) is 13.3 Å². The van der Waals surface area contributed by atoms with Gasteiger partial charge in [-0.05, 0) is 6.92 Å². The number of ketones is 1. The summed E-state index contributed by atoms with van der Waals surface area (Å²) in [5.74, 6) is -2.52. The summed E-state index contributed by atoms with van der Waals surface area (Å²) in [5.41, 5.74) is 3.78. The van der Waals surface area contributed by atoms with Gasteiger partial charge in [0.1, 0.15) is 12.6 Å². The molecule has 3 N–H and O–H groups in total. The lowest BCUT2D eigenvalue weighted by molar-refractivity contribution is -0.875. The highest BCUT2D eigenvalue weighted by Gasteiger charge is 2.47. The number of aliphatic carboxylic acids is 1. The zero-order chi connectivity index (χ0) is 16.1. The van der Waals surface area contributed by atoms with Crippen molar-refractivity contribution in [3.8, 4) is 0 Å². The molecule has 0 fully saturated rings. The molecule has 2 atom stereocenters. The van der Waals surface area contributed by atoms with Gasteiger partial charge in [-0.15, -0.1) is 0 Å². The SMILES string of the molecule is CC(=O)[C@@](CC(=O)O)(C[N+](C)(C)C)OC(=O)[C@@H](N)CS. The average Bonchev–Trinajstić information content (AvgIpc) is 2.23. The van der Waals surface area contributed by atoms with Crippen molar-refractivity contribution in [3.63, 3.8) is 0 Å². The van der Waals surface area contributed by atoms with E-state index in [2.05, 4.69) is 12.6 Å². The molecule has 0 amide bonds. The van der Waals surface area contributed by atoms with E-state index < -0.39 is 35.8 Å². The Morgan fingerprint density at radius 1 is 1.35 bits per heavy atom. The predicted octanol–water partition coefficient (Wildman–Crippen LogP) is -0.705. The van der Waals surface area contributed by atoms with Crippen molar-refractivity contribution >= 4 is 30.4 Å². The van der Waals surface area contributed by atoms with Crippen molar-refractivity contribution < 1.29 is 28.7 Å². The zero-order valence-electron chi connectivity index (χ0n) is 12.3. The van der Waals surface area contributed by atoms with Gasteiger partial charge in [0.15, 0.2) is 5.78 Å². The molecular weight excluding hydrogens is 284 g/mol. The van der Waals surface area contributed by atoms with Crippen LogP contribution >= 0.6 is 12.6 Å². The highest BCUT2D eigenvalue weighted by Crippen LogP contribution is 2.22. The van der Waals surface area contributed by atoms with Crippen molar-refractivity contribution in [3.05, 3.63) is 0 Å². The smallest absolute Gasteiger partial charge is 0.324 e. The predicted molar refractivity (Wildman–Crippen MR) is 76.5 cm³/mol. The van der Waals surface area contributed by atoms with Crippen molar-refractivity contribution in [2.45, 2.75) is 25.0 Å². The molecule has 0 aromatic heterocycles. The third-order valence-corrected chi connectivity index (χ3v) is 3.00. The highest BCUT2D eigenvalue weighted by atomic mass is 32.1. The number of ether oxygens (including phenoxy) is 1. The number of nitrogens with two attached hydrogens (primary N) is 1. The van der Waals surface area contributed by atoms with Crippen molar-refractivity contribution in [2.75, 3.05) is 33.4 Å². The second-order valence-electron chi connectivity index (χ2n) is 5.78. The summed E-state index contributed by atoms with van der Waals surface area (Å²) >= 11 is 3.88. The number of hydrogen-bond acceptors (Lipinski definition) is 6. The molecule has 20 heavy (non-hydrogen) atoms. The van der Waals surface area contributed by atoms with Crippen LogP contribution in [0, 0.1) is 0 Å². The Morgan fingerprint density at radius 3 is 2.15 bits per heavy atom. The van der Waals surface area contributed by atoms with Crippen LogP contribution < -0.4 is 5.73 Å². The molecule has 0 aliphatic heterocycles. The Bertz CT molecular complexity index is 394. The minimum atomic E-state index is -1.72. The lowest BCUT2D eigenvalue weighted by Crippen LogP contribution is -2.58. The molecule has 0 saturated carbocycles. The number of carboxylic acid groups (broad SMARTS) is 1. The fraction of sp³-hybridized carbons (Fsp3) is 0.750. The van der Waals surface area contributed by atoms with Gasteiger partial charge in [0.25, 0.3) is 0 Å². The molecule has 8 heteroatoms. The Balaban J connectivity index is 5.45. The molecule has 7 nitrogen and oxygen atoms in total. The third kappa shape index (κ3) is 5.89. The van der Waals surface area contributed by atoms with E-state index in [1.807, 2.05) is 0 Å². The molecule has 0 aliphatic rings. The van der Waals surface area contributed by atoms with Crippen LogP contribution in [0.4, 0.5) is 0 Å². The van der Waals surface area contributed by atoms with Crippen LogP contribution in [0.5, 0.6) is 0 Å². The minimum absolute atomic E-state index is 0.0413. The zero-order valence-corrected chi connectivity index (χ0v) is 13.1. The Hall–Kier alpha value is -1.12. The van der Waals surface area contributed by atoms with Gasteiger partial charge in [0, 0.05) is 5.75 Å². The van der Waals surface area contributed by atoms with Crippen LogP contribution in [-0.2, 0) is 19.1 Å². The summed E-state index contributed by atoms with van der Waals surface area (Å²) in [7, 11) is 5.31. The van der Waals surface area contributed by atoms with Crippen molar-refractivity contribution in [2.24, 2.45) is 5.73 Å². The number of esters is 1. The van der Waals surface area contributed by atoms with E-state index in [0.717, 1.165) is 0 Å². The van der Waals surface area contributed by atoms with Crippen LogP contribution in [-0.4, -0.2) is 72.4 Å². The van der Waals surface area contributed by atoms with E-state index in [1.54, 1.807) is 21.1 Å². The normalized spacial score (nSPS) is 16.1. The number of rotatable bonds is 8. The number of thiol groups is 1. The summed E-state index contributed by atoms with van der Waals surface area (Å²) < 4.78 is 5.44. The average molecular weight is 307 g/mol. The first kappa shape index (κ1) is 18.9. The molecule has 0 bridgehead atoms. The van der Waals surface area contributed by atoms with E-state index in [-0.39, 0.29) is 16.8 Å². The first-order chi connectivity index (χ1) is 8.93. The van der Waals surface area contributed by atoms with E-state index in [1.165, 1.54) is 6.92 Å². The fourth-order valence-corrected chi connectivity index (χ4v) is 1.93. The quantitative estimate of drug-likeness (QED) is 0.311. The maximum absolute atomic E-state index is 11.9. The van der Waals surface area contributed by atoms with E-state index >= 15 is 0 Å². The first-order valence-corrected chi connectivity index (χ1v) is 6.69. The summed E-state index contributed by atoms with van der Waals surface area (Å²) in [5, 5.41) is 9.01. The molecule has 0 saturated heterocycles. The van der Waals surface area contributed by atoms with Gasteiger partial charge in [0.2, 0.25) is 5.60 Å². The summed E-state index contributed by atoms with van der Waals surface area (Å²) in [6.07, 6.45) is -0.594. The van der Waals surface area contributed by atoms with Crippen LogP contribution in [0.15, 0.2) is 0 Å². The molecule has 0 aliphatic carbocycles. The maximum atomic E-state index is 11.9. The van der Waals surface area contributed by atoms with Crippen molar-refractivity contribution in [1.82, 2.24) is 0 Å². The summed E-state index contributed by atoms with van der Waals surface area (Å²) in [6, 6.07) is -1.00. The van der Waals surface area contributed by atoms with E-state index in [9.17, 15) is 14.4 Å². The summed E-state index contributed by atoms with van der Waals surface area (Å²) in [4.78, 5) is 34.8. The number of hydrogen-bond donors (Lipinski definition) is 3. The Labute approximate surface area is 124 Å². The molecule has 0 aromatic carbocycles. The van der Waals surface area contributed by atoms with Crippen LogP contribution in [0.25, 0.3) is 0 Å². The molecule has 0 unspecified atom stereocenters. The number of quaternary nitrogens is 1. The second kappa shape index (κ2) is 7.05. The first-order valence-electron chi connectivity index (χ1n) is 6.06. The molecule has 0 radical (unpaired) electrons. The Kier molecular flexibility index (Phi) is 6.66. The number of carboxylic acids is 1. The van der Waals surface area contributed by atoms with Gasteiger partial charge in [-0.3, -0.25) is 14.4 Å². The minimum Gasteiger partial charge on any atom is -0.481 e. The van der Waals surface area contributed by atoms with Gasteiger partial charge in [-0.2, -0.15) is 12.6 Å². The lowest BCUT2D eigenvalue weighted by Gasteiger charge is -2.36. The molecule has 0 spiro atoms. The topological polar surface area (TPSA) is 107 Å². The van der Waals surface area contributed by atoms with Gasteiger partial charge < -0.3 is 20.1 Å². The van der Waals surface area contributed by atoms with Gasteiger partial charge >= 0.3 is 11.9 Å². The monoisotopic (exact) mass is 307 g/mol. The highest BCUT2D eigenvalue weighted by molar-refractivity contribution is 7.80. The van der Waals surface area contributed by atoms with Crippen molar-refractivity contribution in [1.29, 1.82) is 0 Å². The third-order valence-electron chi connectivity index (χ3n) is 2.60.